The van der Waals surface area contributed by atoms with E-state index in [1.54, 1.807) is 11.9 Å². The number of amides is 1. The summed E-state index contributed by atoms with van der Waals surface area (Å²) in [6.45, 7) is 12.9. The van der Waals surface area contributed by atoms with Gasteiger partial charge in [0, 0.05) is 44.4 Å². The molecule has 4 aliphatic carbocycles. The number of carbonyl (C=O) groups excluding carboxylic acids is 1. The summed E-state index contributed by atoms with van der Waals surface area (Å²) in [7, 11) is 0. The van der Waals surface area contributed by atoms with Crippen LogP contribution in [-0.2, 0) is 4.79 Å². The van der Waals surface area contributed by atoms with Crippen molar-refractivity contribution in [2.24, 2.45) is 40.4 Å². The van der Waals surface area contributed by atoms with E-state index < -0.39 is 0 Å². The van der Waals surface area contributed by atoms with Crippen molar-refractivity contribution < 1.29 is 9.90 Å². The van der Waals surface area contributed by atoms with Crippen LogP contribution >= 0.6 is 0 Å². The molecule has 6 rings (SSSR count). The Kier molecular flexibility index (Phi) is 7.31. The Balaban J connectivity index is 1.04. The minimum atomic E-state index is -0.124. The second kappa shape index (κ2) is 10.5. The lowest BCUT2D eigenvalue weighted by molar-refractivity contribution is -0.132. The third-order valence-electron chi connectivity index (χ3n) is 12.5. The Morgan fingerprint density at radius 3 is 2.67 bits per heavy atom. The van der Waals surface area contributed by atoms with E-state index in [4.69, 9.17) is 0 Å². The summed E-state index contributed by atoms with van der Waals surface area (Å²) in [6, 6.07) is 0. The second-order valence-corrected chi connectivity index (χ2v) is 14.3. The molecule has 0 unspecified atom stereocenters. The number of aryl methyl sites for hydroxylation is 1. The average Bonchev–Trinajstić information content (AvgIpc) is 3.29. The maximum Gasteiger partial charge on any atom is 0.222 e. The van der Waals surface area contributed by atoms with Crippen LogP contribution in [0.4, 0.5) is 5.82 Å². The highest BCUT2D eigenvalue weighted by atomic mass is 16.3. The third-order valence-corrected chi connectivity index (χ3v) is 12.5. The number of aliphatic hydroxyl groups excluding tert-OH is 1. The van der Waals surface area contributed by atoms with Crippen LogP contribution < -0.4 is 4.90 Å². The van der Waals surface area contributed by atoms with E-state index in [9.17, 15) is 9.90 Å². The van der Waals surface area contributed by atoms with Crippen molar-refractivity contribution in [2.45, 2.75) is 98.0 Å². The molecule has 4 fully saturated rings. The van der Waals surface area contributed by atoms with Crippen LogP contribution in [0.2, 0.25) is 0 Å². The number of anilines is 1. The predicted molar refractivity (Wildman–Crippen MR) is 155 cm³/mol. The highest BCUT2D eigenvalue weighted by Crippen LogP contribution is 2.67. The Labute approximate surface area is 235 Å². The van der Waals surface area contributed by atoms with Crippen LogP contribution in [0.1, 0.15) is 90.5 Å². The number of allylic oxidation sites excluding steroid dienone is 1. The molecule has 1 saturated heterocycles. The van der Waals surface area contributed by atoms with E-state index in [1.165, 1.54) is 38.5 Å². The molecule has 1 aromatic heterocycles. The van der Waals surface area contributed by atoms with Crippen molar-refractivity contribution in [1.82, 2.24) is 14.9 Å². The maximum atomic E-state index is 13.2. The van der Waals surface area contributed by atoms with Crippen molar-refractivity contribution in [3.05, 3.63) is 29.7 Å². The van der Waals surface area contributed by atoms with E-state index in [-0.39, 0.29) is 6.10 Å². The van der Waals surface area contributed by atoms with Gasteiger partial charge >= 0.3 is 0 Å². The molecule has 2 heterocycles. The lowest BCUT2D eigenvalue weighted by atomic mass is 9.47. The molecule has 6 nitrogen and oxygen atoms in total. The molecular weight excluding hydrogens is 484 g/mol. The molecule has 8 atom stereocenters. The molecule has 0 radical (unpaired) electrons. The van der Waals surface area contributed by atoms with Gasteiger partial charge in [-0.2, -0.15) is 0 Å². The molecule has 6 heteroatoms. The number of rotatable bonds is 5. The fourth-order valence-corrected chi connectivity index (χ4v) is 10.2. The smallest absolute Gasteiger partial charge is 0.222 e. The average molecular weight is 535 g/mol. The molecule has 0 aromatic carbocycles. The van der Waals surface area contributed by atoms with E-state index in [2.05, 4.69) is 53.5 Å². The van der Waals surface area contributed by atoms with Gasteiger partial charge in [-0.05, 0) is 105 Å². The first-order valence-electron chi connectivity index (χ1n) is 15.9. The Morgan fingerprint density at radius 1 is 1.10 bits per heavy atom. The number of aromatic nitrogens is 2. The van der Waals surface area contributed by atoms with E-state index >= 15 is 0 Å². The first kappa shape index (κ1) is 27.2. The van der Waals surface area contributed by atoms with Crippen molar-refractivity contribution in [2.75, 3.05) is 31.1 Å². The molecule has 3 saturated carbocycles. The van der Waals surface area contributed by atoms with Gasteiger partial charge in [0.2, 0.25) is 5.91 Å². The van der Waals surface area contributed by atoms with Crippen LogP contribution in [0.15, 0.2) is 24.2 Å². The number of fused-ring (bicyclic) bond motifs is 5. The van der Waals surface area contributed by atoms with Gasteiger partial charge in [0.05, 0.1) is 6.10 Å². The van der Waals surface area contributed by atoms with Gasteiger partial charge in [-0.3, -0.25) is 4.79 Å². The molecule has 1 amide bonds. The van der Waals surface area contributed by atoms with Crippen LogP contribution in [-0.4, -0.2) is 58.2 Å². The number of nitrogens with zero attached hydrogens (tertiary/aromatic N) is 4. The van der Waals surface area contributed by atoms with E-state index in [1.807, 2.05) is 6.20 Å². The summed E-state index contributed by atoms with van der Waals surface area (Å²) >= 11 is 0. The molecule has 0 bridgehead atoms. The third kappa shape index (κ3) is 4.73. The summed E-state index contributed by atoms with van der Waals surface area (Å²) in [6.07, 6.45) is 17.3. The number of piperazine rings is 1. The van der Waals surface area contributed by atoms with Crippen LogP contribution in [0.5, 0.6) is 0 Å². The topological polar surface area (TPSA) is 69.6 Å². The van der Waals surface area contributed by atoms with E-state index in [0.717, 1.165) is 80.5 Å². The minimum absolute atomic E-state index is 0.124. The highest BCUT2D eigenvalue weighted by Gasteiger charge is 2.59. The van der Waals surface area contributed by atoms with Crippen LogP contribution in [0.3, 0.4) is 0 Å². The largest absolute Gasteiger partial charge is 0.393 e. The molecule has 5 aliphatic rings. The summed E-state index contributed by atoms with van der Waals surface area (Å²) in [5, 5.41) is 10.3. The van der Waals surface area contributed by atoms with Crippen LogP contribution in [0.25, 0.3) is 0 Å². The molecule has 1 aliphatic heterocycles. The summed E-state index contributed by atoms with van der Waals surface area (Å²) < 4.78 is 0. The molecule has 1 aromatic rings. The number of aliphatic hydroxyl groups is 1. The molecule has 0 spiro atoms. The zero-order valence-electron chi connectivity index (χ0n) is 24.7. The first-order valence-corrected chi connectivity index (χ1v) is 15.9. The van der Waals surface area contributed by atoms with Crippen molar-refractivity contribution in [1.29, 1.82) is 0 Å². The quantitative estimate of drug-likeness (QED) is 0.484. The normalized spacial score (nSPS) is 38.9. The Bertz CT molecular complexity index is 1100. The van der Waals surface area contributed by atoms with Crippen molar-refractivity contribution in [3.8, 4) is 0 Å². The minimum Gasteiger partial charge on any atom is -0.393 e. The maximum absolute atomic E-state index is 13.2. The zero-order chi connectivity index (χ0) is 27.4. The number of hydrogen-bond acceptors (Lipinski definition) is 5. The standard InChI is InChI=1S/C33H50N4O2/c1-22(5-10-30(39)36-15-17-37(18-16-36)31-23(2)20-34-21-35-31)27-8-9-28-26-7-6-24-19-25(38)11-13-32(24,3)29(26)12-14-33(27,28)4/h6,20-22,25-29,38H,5,7-19H2,1-4H3/t22-,25+,26+,27-,28+,29+,32+,33-/m1/s1. The fourth-order valence-electron chi connectivity index (χ4n) is 10.2. The van der Waals surface area contributed by atoms with Gasteiger partial charge in [0.1, 0.15) is 12.1 Å². The van der Waals surface area contributed by atoms with Gasteiger partial charge in [-0.25, -0.2) is 9.97 Å². The highest BCUT2D eigenvalue weighted by molar-refractivity contribution is 5.76. The predicted octanol–water partition coefficient (Wildman–Crippen LogP) is 5.79. The van der Waals surface area contributed by atoms with Crippen molar-refractivity contribution >= 4 is 11.7 Å². The van der Waals surface area contributed by atoms with Gasteiger partial charge < -0.3 is 14.9 Å². The summed E-state index contributed by atoms with van der Waals surface area (Å²) in [5.74, 6) is 5.09. The summed E-state index contributed by atoms with van der Waals surface area (Å²) in [4.78, 5) is 26.2. The fraction of sp³-hybridized carbons (Fsp3) is 0.788. The second-order valence-electron chi connectivity index (χ2n) is 14.3. The number of carbonyl (C=O) groups is 1. The van der Waals surface area contributed by atoms with E-state index in [0.29, 0.717) is 29.1 Å². The first-order chi connectivity index (χ1) is 18.7. The molecular formula is C33H50N4O2. The van der Waals surface area contributed by atoms with Crippen molar-refractivity contribution in [3.63, 3.8) is 0 Å². The van der Waals surface area contributed by atoms with Gasteiger partial charge in [-0.15, -0.1) is 0 Å². The van der Waals surface area contributed by atoms with Crippen LogP contribution in [0, 0.1) is 47.3 Å². The molecule has 214 valence electrons. The Morgan fingerprint density at radius 2 is 1.90 bits per heavy atom. The molecule has 1 N–H and O–H groups in total. The Hall–Kier alpha value is -1.95. The van der Waals surface area contributed by atoms with Gasteiger partial charge in [0.15, 0.2) is 0 Å². The SMILES string of the molecule is Cc1cncnc1N1CCN(C(=O)CC[C@@H](C)[C@H]2CC[C@H]3[C@@H]4CC=C5C[C@@H](O)CC[C@]5(C)[C@H]4CC[C@]23C)CC1. The number of hydrogen-bond donors (Lipinski definition) is 1. The monoisotopic (exact) mass is 534 g/mol. The lowest BCUT2D eigenvalue weighted by Crippen LogP contribution is -2.51. The van der Waals surface area contributed by atoms with Gasteiger partial charge in [0.25, 0.3) is 0 Å². The van der Waals surface area contributed by atoms with Gasteiger partial charge in [-0.1, -0.05) is 32.4 Å². The zero-order valence-corrected chi connectivity index (χ0v) is 24.7. The summed E-state index contributed by atoms with van der Waals surface area (Å²) in [5.41, 5.74) is 3.40. The lowest BCUT2D eigenvalue weighted by Gasteiger charge is -2.58. The molecule has 39 heavy (non-hydrogen) atoms.